The van der Waals surface area contributed by atoms with Crippen LogP contribution in [0.25, 0.3) is 0 Å². The van der Waals surface area contributed by atoms with E-state index in [0.717, 1.165) is 8.26 Å². The average molecular weight is 401 g/mol. The molecule has 0 spiro atoms. The Morgan fingerprint density at radius 2 is 2.28 bits per heavy atom. The van der Waals surface area contributed by atoms with E-state index >= 15 is 0 Å². The molecule has 0 aliphatic carbocycles. The van der Waals surface area contributed by atoms with Crippen LogP contribution in [0.15, 0.2) is 14.3 Å². The van der Waals surface area contributed by atoms with Gasteiger partial charge in [-0.15, -0.1) is 11.3 Å². The van der Waals surface area contributed by atoms with Gasteiger partial charge in [0.2, 0.25) is 0 Å². The summed E-state index contributed by atoms with van der Waals surface area (Å²) in [6.07, 6.45) is 0.474. The highest BCUT2D eigenvalue weighted by atomic mass is 79.9. The van der Waals surface area contributed by atoms with E-state index in [1.54, 1.807) is 20.1 Å². The van der Waals surface area contributed by atoms with E-state index in [2.05, 4.69) is 37.2 Å². The molecule has 2 N–H and O–H groups in total. The van der Waals surface area contributed by atoms with Gasteiger partial charge < -0.3 is 15.2 Å². The molecule has 0 radical (unpaired) electrons. The maximum absolute atomic E-state index is 11.8. The van der Waals surface area contributed by atoms with E-state index in [4.69, 9.17) is 4.74 Å². The average Bonchev–Trinajstić information content (AvgIpc) is 2.64. The SMILES string of the molecule is COCCC(C)(O)CNC(=O)c1cc(Br)c(Br)s1. The Morgan fingerprint density at radius 3 is 2.78 bits per heavy atom. The molecule has 1 atom stereocenters. The molecule has 1 aromatic heterocycles. The molecule has 18 heavy (non-hydrogen) atoms. The monoisotopic (exact) mass is 399 g/mol. The van der Waals surface area contributed by atoms with Gasteiger partial charge in [0, 0.05) is 31.2 Å². The van der Waals surface area contributed by atoms with Gasteiger partial charge in [-0.3, -0.25) is 4.79 Å². The lowest BCUT2D eigenvalue weighted by Gasteiger charge is -2.22. The van der Waals surface area contributed by atoms with Crippen LogP contribution in [0.4, 0.5) is 0 Å². The van der Waals surface area contributed by atoms with Crippen LogP contribution in [0.1, 0.15) is 23.0 Å². The quantitative estimate of drug-likeness (QED) is 0.771. The second-order valence-electron chi connectivity index (χ2n) is 4.15. The van der Waals surface area contributed by atoms with Crippen molar-refractivity contribution in [3.63, 3.8) is 0 Å². The minimum Gasteiger partial charge on any atom is -0.388 e. The molecule has 4 nitrogen and oxygen atoms in total. The maximum Gasteiger partial charge on any atom is 0.261 e. The molecule has 7 heteroatoms. The first kappa shape index (κ1) is 16.1. The summed E-state index contributed by atoms with van der Waals surface area (Å²) in [5.74, 6) is -0.191. The summed E-state index contributed by atoms with van der Waals surface area (Å²) in [7, 11) is 1.58. The normalized spacial score (nSPS) is 14.3. The molecule has 0 fully saturated rings. The molecule has 1 amide bonds. The largest absolute Gasteiger partial charge is 0.388 e. The van der Waals surface area contributed by atoms with Crippen molar-refractivity contribution in [1.82, 2.24) is 5.32 Å². The smallest absolute Gasteiger partial charge is 0.261 e. The zero-order valence-corrected chi connectivity index (χ0v) is 14.1. The van der Waals surface area contributed by atoms with Gasteiger partial charge >= 0.3 is 0 Å². The lowest BCUT2D eigenvalue weighted by molar-refractivity contribution is 0.0244. The molecule has 0 saturated heterocycles. The first-order chi connectivity index (χ1) is 8.35. The van der Waals surface area contributed by atoms with Crippen LogP contribution in [0.3, 0.4) is 0 Å². The number of methoxy groups -OCH3 is 1. The number of nitrogens with one attached hydrogen (secondary N) is 1. The fourth-order valence-electron chi connectivity index (χ4n) is 1.23. The molecule has 0 aliphatic rings. The van der Waals surface area contributed by atoms with E-state index < -0.39 is 5.60 Å². The molecule has 1 heterocycles. The molecule has 1 aromatic rings. The van der Waals surface area contributed by atoms with E-state index in [0.29, 0.717) is 17.9 Å². The lowest BCUT2D eigenvalue weighted by atomic mass is 10.0. The van der Waals surface area contributed by atoms with Gasteiger partial charge in [0.1, 0.15) is 0 Å². The number of rotatable bonds is 6. The summed E-state index contributed by atoms with van der Waals surface area (Å²) in [5, 5.41) is 12.7. The van der Waals surface area contributed by atoms with E-state index in [1.165, 1.54) is 11.3 Å². The molecular formula is C11H15Br2NO3S. The van der Waals surface area contributed by atoms with Crippen molar-refractivity contribution in [3.8, 4) is 0 Å². The third-order valence-corrected chi connectivity index (χ3v) is 5.60. The lowest BCUT2D eigenvalue weighted by Crippen LogP contribution is -2.41. The van der Waals surface area contributed by atoms with Crippen LogP contribution >= 0.6 is 43.2 Å². The summed E-state index contributed by atoms with van der Waals surface area (Å²) < 4.78 is 6.63. The summed E-state index contributed by atoms with van der Waals surface area (Å²) in [6, 6.07) is 1.74. The van der Waals surface area contributed by atoms with Crippen LogP contribution in [-0.4, -0.2) is 36.9 Å². The van der Waals surface area contributed by atoms with Gasteiger partial charge in [-0.25, -0.2) is 0 Å². The Bertz CT molecular complexity index is 401. The van der Waals surface area contributed by atoms with Crippen LogP contribution < -0.4 is 5.32 Å². The fourth-order valence-corrected chi connectivity index (χ4v) is 3.18. The zero-order chi connectivity index (χ0) is 13.8. The minimum atomic E-state index is -0.961. The van der Waals surface area contributed by atoms with Crippen LogP contribution in [0.5, 0.6) is 0 Å². The van der Waals surface area contributed by atoms with E-state index in [1.807, 2.05) is 0 Å². The summed E-state index contributed by atoms with van der Waals surface area (Å²) >= 11 is 8.00. The van der Waals surface area contributed by atoms with Crippen molar-refractivity contribution in [1.29, 1.82) is 0 Å². The minimum absolute atomic E-state index is 0.191. The summed E-state index contributed by atoms with van der Waals surface area (Å²) in [6.45, 7) is 2.33. The van der Waals surface area contributed by atoms with Crippen molar-refractivity contribution >= 4 is 49.1 Å². The first-order valence-electron chi connectivity index (χ1n) is 5.30. The molecule has 1 rings (SSSR count). The maximum atomic E-state index is 11.8. The second kappa shape index (κ2) is 7.00. The number of aliphatic hydroxyl groups is 1. The Morgan fingerprint density at radius 1 is 1.61 bits per heavy atom. The fraction of sp³-hybridized carbons (Fsp3) is 0.545. The van der Waals surface area contributed by atoms with E-state index in [-0.39, 0.29) is 12.5 Å². The number of carbonyl (C=O) groups is 1. The number of ether oxygens (including phenoxy) is 1. The molecule has 102 valence electrons. The van der Waals surface area contributed by atoms with Gasteiger partial charge in [0.15, 0.2) is 0 Å². The highest BCUT2D eigenvalue weighted by Gasteiger charge is 2.22. The molecule has 1 unspecified atom stereocenters. The van der Waals surface area contributed by atoms with Gasteiger partial charge in [-0.1, -0.05) is 0 Å². The number of carbonyl (C=O) groups excluding carboxylic acids is 1. The van der Waals surface area contributed by atoms with Crippen LogP contribution in [0, 0.1) is 0 Å². The van der Waals surface area contributed by atoms with Crippen LogP contribution in [0.2, 0.25) is 0 Å². The van der Waals surface area contributed by atoms with Gasteiger partial charge in [-0.05, 0) is 44.8 Å². The summed E-state index contributed by atoms with van der Waals surface area (Å²) in [5.41, 5.74) is -0.961. The highest BCUT2D eigenvalue weighted by molar-refractivity contribution is 9.13. The molecule has 0 aliphatic heterocycles. The second-order valence-corrected chi connectivity index (χ2v) is 7.38. The van der Waals surface area contributed by atoms with Gasteiger partial charge in [-0.2, -0.15) is 0 Å². The third kappa shape index (κ3) is 4.97. The van der Waals surface area contributed by atoms with Crippen molar-refractivity contribution in [2.75, 3.05) is 20.3 Å². The Labute approximate surface area is 127 Å². The topological polar surface area (TPSA) is 58.6 Å². The number of thiophene rings is 1. The highest BCUT2D eigenvalue weighted by Crippen LogP contribution is 2.32. The molecular weight excluding hydrogens is 386 g/mol. The molecule has 0 aromatic carbocycles. The molecule has 0 bridgehead atoms. The molecule has 0 saturated carbocycles. The Hall–Kier alpha value is 0.0500. The Balaban J connectivity index is 2.50. The number of amides is 1. The number of hydrogen-bond acceptors (Lipinski definition) is 4. The predicted molar refractivity (Wildman–Crippen MR) is 79.2 cm³/mol. The Kier molecular flexibility index (Phi) is 6.26. The predicted octanol–water partition coefficient (Wildman–Crippen LogP) is 2.79. The standard InChI is InChI=1S/C11H15Br2NO3S/c1-11(16,3-4-17-2)6-14-10(15)8-5-7(12)9(13)18-8/h5,16H,3-4,6H2,1-2H3,(H,14,15). The third-order valence-electron chi connectivity index (χ3n) is 2.34. The first-order valence-corrected chi connectivity index (χ1v) is 7.70. The van der Waals surface area contributed by atoms with Crippen molar-refractivity contribution in [2.24, 2.45) is 0 Å². The van der Waals surface area contributed by atoms with E-state index in [9.17, 15) is 9.90 Å². The summed E-state index contributed by atoms with van der Waals surface area (Å²) in [4.78, 5) is 12.4. The van der Waals surface area contributed by atoms with Crippen molar-refractivity contribution in [2.45, 2.75) is 18.9 Å². The zero-order valence-electron chi connectivity index (χ0n) is 10.1. The van der Waals surface area contributed by atoms with Crippen LogP contribution in [-0.2, 0) is 4.74 Å². The van der Waals surface area contributed by atoms with Crippen molar-refractivity contribution < 1.29 is 14.6 Å². The van der Waals surface area contributed by atoms with Crippen molar-refractivity contribution in [3.05, 3.63) is 19.2 Å². The number of halogens is 2. The van der Waals surface area contributed by atoms with Gasteiger partial charge in [0.05, 0.1) is 14.3 Å². The number of hydrogen-bond donors (Lipinski definition) is 2. The van der Waals surface area contributed by atoms with Gasteiger partial charge in [0.25, 0.3) is 5.91 Å².